The molecule has 1 N–H and O–H groups in total. The summed E-state index contributed by atoms with van der Waals surface area (Å²) >= 11 is 0. The van der Waals surface area contributed by atoms with E-state index in [1.165, 1.54) is 19.2 Å². The molecule has 0 spiro atoms. The summed E-state index contributed by atoms with van der Waals surface area (Å²) in [6.07, 6.45) is -1.90. The molecule has 1 atom stereocenters. The van der Waals surface area contributed by atoms with Crippen LogP contribution in [0.3, 0.4) is 0 Å². The van der Waals surface area contributed by atoms with E-state index < -0.39 is 41.5 Å². The van der Waals surface area contributed by atoms with Gasteiger partial charge in [0.25, 0.3) is 0 Å². The fourth-order valence-electron chi connectivity index (χ4n) is 3.22. The van der Waals surface area contributed by atoms with Crippen molar-refractivity contribution in [3.05, 3.63) is 59.7 Å². The minimum Gasteiger partial charge on any atom is -0.468 e. The lowest BCUT2D eigenvalue weighted by atomic mass is 10.1. The largest absolute Gasteiger partial charge is 0.514 e. The molecule has 0 amide bonds. The van der Waals surface area contributed by atoms with Gasteiger partial charge in [0, 0.05) is 6.54 Å². The van der Waals surface area contributed by atoms with Gasteiger partial charge >= 0.3 is 24.2 Å². The Labute approximate surface area is 234 Å². The lowest BCUT2D eigenvalue weighted by Crippen LogP contribution is -2.41. The molecule has 40 heavy (non-hydrogen) atoms. The molecule has 2 rings (SSSR count). The maximum Gasteiger partial charge on any atom is 0.514 e. The fraction of sp³-hybridized carbons (Fsp3) is 0.448. The molecule has 0 heterocycles. The Hall–Kier alpha value is -4.12. The van der Waals surface area contributed by atoms with E-state index in [1.807, 2.05) is 0 Å². The second kappa shape index (κ2) is 14.3. The second-order valence-electron chi connectivity index (χ2n) is 10.7. The number of rotatable bonds is 10. The standard InChI is InChI=1S/C29H37NO10/c1-28(2,3)39-26(33)37-22-14-13-19(18-23(22)38-27(34)40-29(4,5)6)17-21(25(32)35-7)30-15-16-36-24(31)20-11-9-8-10-12-20/h8-14,18,21,30H,15-17H2,1-7H3/t21-/m0/s1. The molecule has 2 aromatic rings. The van der Waals surface area contributed by atoms with Crippen LogP contribution < -0.4 is 14.8 Å². The third kappa shape index (κ3) is 11.7. The summed E-state index contributed by atoms with van der Waals surface area (Å²) in [4.78, 5) is 49.2. The van der Waals surface area contributed by atoms with Gasteiger partial charge in [0.2, 0.25) is 0 Å². The number of carbonyl (C=O) groups is 4. The van der Waals surface area contributed by atoms with Crippen molar-refractivity contribution >= 4 is 24.2 Å². The summed E-state index contributed by atoms with van der Waals surface area (Å²) in [7, 11) is 1.25. The molecule has 2 aromatic carbocycles. The number of esters is 2. The highest BCUT2D eigenvalue weighted by molar-refractivity contribution is 5.89. The third-order valence-electron chi connectivity index (χ3n) is 4.83. The SMILES string of the molecule is COC(=O)[C@H](Cc1ccc(OC(=O)OC(C)(C)C)c(OC(=O)OC(C)(C)C)c1)NCCOC(=O)c1ccccc1. The van der Waals surface area contributed by atoms with Crippen LogP contribution in [-0.4, -0.2) is 61.8 Å². The number of ether oxygens (including phenoxy) is 6. The molecular weight excluding hydrogens is 522 g/mol. The highest BCUT2D eigenvalue weighted by atomic mass is 16.8. The summed E-state index contributed by atoms with van der Waals surface area (Å²) in [6, 6.07) is 12.1. The van der Waals surface area contributed by atoms with E-state index in [9.17, 15) is 19.2 Å². The van der Waals surface area contributed by atoms with E-state index in [1.54, 1.807) is 77.9 Å². The van der Waals surface area contributed by atoms with E-state index in [0.29, 0.717) is 11.1 Å². The Bertz CT molecular complexity index is 1170. The average molecular weight is 560 g/mol. The van der Waals surface area contributed by atoms with Gasteiger partial charge in [-0.1, -0.05) is 24.3 Å². The summed E-state index contributed by atoms with van der Waals surface area (Å²) in [5.74, 6) is -1.24. The van der Waals surface area contributed by atoms with Gasteiger partial charge < -0.3 is 33.7 Å². The highest BCUT2D eigenvalue weighted by Crippen LogP contribution is 2.31. The molecule has 11 nitrogen and oxygen atoms in total. The lowest BCUT2D eigenvalue weighted by Gasteiger charge is -2.21. The topological polar surface area (TPSA) is 136 Å². The molecule has 0 saturated carbocycles. The van der Waals surface area contributed by atoms with Crippen LogP contribution in [0, 0.1) is 0 Å². The van der Waals surface area contributed by atoms with E-state index in [-0.39, 0.29) is 31.1 Å². The van der Waals surface area contributed by atoms with Gasteiger partial charge in [0.1, 0.15) is 23.9 Å². The Balaban J connectivity index is 2.15. The first-order valence-corrected chi connectivity index (χ1v) is 12.6. The minimum absolute atomic E-state index is 0.0108. The van der Waals surface area contributed by atoms with E-state index in [0.717, 1.165) is 0 Å². The number of hydrogen-bond acceptors (Lipinski definition) is 11. The molecule has 0 bridgehead atoms. The third-order valence-corrected chi connectivity index (χ3v) is 4.83. The number of carbonyl (C=O) groups excluding carboxylic acids is 4. The minimum atomic E-state index is -1.01. The zero-order chi connectivity index (χ0) is 29.9. The molecule has 0 aliphatic carbocycles. The van der Waals surface area contributed by atoms with Crippen molar-refractivity contribution in [3.8, 4) is 11.5 Å². The summed E-state index contributed by atoms with van der Waals surface area (Å²) in [5.41, 5.74) is -0.680. The molecule has 0 saturated heterocycles. The van der Waals surface area contributed by atoms with Crippen molar-refractivity contribution in [1.29, 1.82) is 0 Å². The normalized spacial score (nSPS) is 12.1. The second-order valence-corrected chi connectivity index (χ2v) is 10.7. The predicted octanol–water partition coefficient (Wildman–Crippen LogP) is 4.85. The molecular formula is C29H37NO10. The van der Waals surface area contributed by atoms with Crippen molar-refractivity contribution in [2.45, 2.75) is 65.2 Å². The number of benzene rings is 2. The van der Waals surface area contributed by atoms with Gasteiger partial charge in [-0.3, -0.25) is 4.79 Å². The van der Waals surface area contributed by atoms with Crippen LogP contribution in [0.2, 0.25) is 0 Å². The lowest BCUT2D eigenvalue weighted by molar-refractivity contribution is -0.143. The van der Waals surface area contributed by atoms with Crippen molar-refractivity contribution in [3.63, 3.8) is 0 Å². The molecule has 218 valence electrons. The zero-order valence-electron chi connectivity index (χ0n) is 23.9. The van der Waals surface area contributed by atoms with Crippen LogP contribution >= 0.6 is 0 Å². The van der Waals surface area contributed by atoms with Crippen molar-refractivity contribution in [2.75, 3.05) is 20.3 Å². The van der Waals surface area contributed by atoms with Crippen LogP contribution in [0.1, 0.15) is 57.5 Å². The van der Waals surface area contributed by atoms with Crippen LogP contribution in [0.25, 0.3) is 0 Å². The Kier molecular flexibility index (Phi) is 11.5. The molecule has 11 heteroatoms. The molecule has 0 aromatic heterocycles. The van der Waals surface area contributed by atoms with Crippen LogP contribution in [0.5, 0.6) is 11.5 Å². The van der Waals surface area contributed by atoms with Crippen LogP contribution in [0.15, 0.2) is 48.5 Å². The van der Waals surface area contributed by atoms with E-state index >= 15 is 0 Å². The van der Waals surface area contributed by atoms with E-state index in [4.69, 9.17) is 28.4 Å². The first kappa shape index (κ1) is 32.1. The molecule has 0 unspecified atom stereocenters. The Morgan fingerprint density at radius 1 is 0.800 bits per heavy atom. The van der Waals surface area contributed by atoms with Gasteiger partial charge in [-0.15, -0.1) is 0 Å². The Morgan fingerprint density at radius 3 is 1.93 bits per heavy atom. The molecule has 0 fully saturated rings. The predicted molar refractivity (Wildman–Crippen MR) is 144 cm³/mol. The summed E-state index contributed by atoms with van der Waals surface area (Å²) in [6.45, 7) is 10.2. The van der Waals surface area contributed by atoms with Gasteiger partial charge in [-0.25, -0.2) is 14.4 Å². The van der Waals surface area contributed by atoms with E-state index in [2.05, 4.69) is 5.32 Å². The molecule has 0 radical (unpaired) electrons. The number of nitrogens with one attached hydrogen (secondary N) is 1. The first-order chi connectivity index (χ1) is 18.7. The first-order valence-electron chi connectivity index (χ1n) is 12.6. The average Bonchev–Trinajstić information content (AvgIpc) is 2.85. The maximum absolute atomic E-state index is 12.4. The van der Waals surface area contributed by atoms with Gasteiger partial charge in [-0.05, 0) is 77.8 Å². The van der Waals surface area contributed by atoms with Crippen molar-refractivity contribution in [2.24, 2.45) is 0 Å². The quantitative estimate of drug-likeness (QED) is 0.185. The highest BCUT2D eigenvalue weighted by Gasteiger charge is 2.25. The van der Waals surface area contributed by atoms with Crippen molar-refractivity contribution in [1.82, 2.24) is 5.32 Å². The maximum atomic E-state index is 12.4. The fourth-order valence-corrected chi connectivity index (χ4v) is 3.22. The van der Waals surface area contributed by atoms with Crippen LogP contribution in [0.4, 0.5) is 9.59 Å². The van der Waals surface area contributed by atoms with Crippen molar-refractivity contribution < 1.29 is 47.6 Å². The smallest absolute Gasteiger partial charge is 0.468 e. The van der Waals surface area contributed by atoms with Gasteiger partial charge in [0.15, 0.2) is 11.5 Å². The van der Waals surface area contributed by atoms with Gasteiger partial charge in [0.05, 0.1) is 12.7 Å². The number of hydrogen-bond donors (Lipinski definition) is 1. The zero-order valence-corrected chi connectivity index (χ0v) is 23.9. The summed E-state index contributed by atoms with van der Waals surface area (Å²) in [5, 5.41) is 3.00. The van der Waals surface area contributed by atoms with Gasteiger partial charge in [-0.2, -0.15) is 0 Å². The Morgan fingerprint density at radius 2 is 1.38 bits per heavy atom. The molecule has 0 aliphatic heterocycles. The number of methoxy groups -OCH3 is 1. The molecule has 0 aliphatic rings. The monoisotopic (exact) mass is 559 g/mol. The van der Waals surface area contributed by atoms with Crippen LogP contribution in [-0.2, 0) is 30.2 Å². The summed E-state index contributed by atoms with van der Waals surface area (Å²) < 4.78 is 31.2.